The lowest BCUT2D eigenvalue weighted by Gasteiger charge is -2.21. The van der Waals surface area contributed by atoms with Gasteiger partial charge in [-0.25, -0.2) is 4.98 Å². The molecule has 2 heterocycles. The number of anilines is 1. The third-order valence-corrected chi connectivity index (χ3v) is 3.37. The van der Waals surface area contributed by atoms with Crippen molar-refractivity contribution in [2.75, 3.05) is 12.3 Å². The number of nitrogens with one attached hydrogen (secondary N) is 1. The largest absolute Gasteiger partial charge is 0.383 e. The van der Waals surface area contributed by atoms with E-state index in [2.05, 4.69) is 29.1 Å². The molecule has 4 nitrogen and oxygen atoms in total. The predicted octanol–water partition coefficient (Wildman–Crippen LogP) is 2.65. The number of aryl methyl sites for hydroxylation is 1. The molecule has 3 N–H and O–H groups in total. The Morgan fingerprint density at radius 2 is 2.05 bits per heavy atom. The fraction of sp³-hybridized carbons (Fsp3) is 0.375. The topological polar surface area (TPSA) is 63.8 Å². The van der Waals surface area contributed by atoms with Gasteiger partial charge in [0, 0.05) is 36.1 Å². The Hall–Kier alpha value is -1.94. The minimum absolute atomic E-state index is 0.151. The molecule has 2 rings (SSSR count). The molecule has 0 aromatic carbocycles. The first-order valence-corrected chi connectivity index (χ1v) is 7.06. The van der Waals surface area contributed by atoms with Crippen LogP contribution in [-0.2, 0) is 6.42 Å². The van der Waals surface area contributed by atoms with Gasteiger partial charge in [0.15, 0.2) is 0 Å². The molecule has 0 spiro atoms. The molecule has 0 saturated heterocycles. The summed E-state index contributed by atoms with van der Waals surface area (Å²) in [6, 6.07) is 8.15. The summed E-state index contributed by atoms with van der Waals surface area (Å²) in [5.74, 6) is 0.606. The summed E-state index contributed by atoms with van der Waals surface area (Å²) in [6.45, 7) is 5.18. The second-order valence-electron chi connectivity index (χ2n) is 4.96. The summed E-state index contributed by atoms with van der Waals surface area (Å²) in [4.78, 5) is 8.64. The van der Waals surface area contributed by atoms with E-state index in [1.54, 1.807) is 6.20 Å². The Labute approximate surface area is 120 Å². The Kier molecular flexibility index (Phi) is 5.07. The lowest BCUT2D eigenvalue weighted by atomic mass is 9.98. The molecule has 0 fully saturated rings. The summed E-state index contributed by atoms with van der Waals surface area (Å²) in [7, 11) is 0. The van der Waals surface area contributed by atoms with Crippen molar-refractivity contribution in [3.05, 3.63) is 53.5 Å². The van der Waals surface area contributed by atoms with Crippen molar-refractivity contribution >= 4 is 5.82 Å². The van der Waals surface area contributed by atoms with Gasteiger partial charge in [-0.1, -0.05) is 13.0 Å². The fourth-order valence-electron chi connectivity index (χ4n) is 2.37. The zero-order chi connectivity index (χ0) is 14.4. The molecule has 0 aliphatic rings. The molecule has 2 aromatic heterocycles. The number of rotatable bonds is 6. The highest BCUT2D eigenvalue weighted by atomic mass is 14.9. The molecule has 2 aromatic rings. The molecule has 0 radical (unpaired) electrons. The van der Waals surface area contributed by atoms with Crippen LogP contribution in [0.2, 0.25) is 0 Å². The summed E-state index contributed by atoms with van der Waals surface area (Å²) in [5.41, 5.74) is 9.39. The Morgan fingerprint density at radius 3 is 2.70 bits per heavy atom. The number of nitrogens with two attached hydrogens (primary N) is 1. The highest BCUT2D eigenvalue weighted by Crippen LogP contribution is 2.25. The van der Waals surface area contributed by atoms with Gasteiger partial charge < -0.3 is 11.1 Å². The minimum atomic E-state index is 0.151. The fourth-order valence-corrected chi connectivity index (χ4v) is 2.37. The summed E-state index contributed by atoms with van der Waals surface area (Å²) in [6.07, 6.45) is 5.48. The highest BCUT2D eigenvalue weighted by Gasteiger charge is 2.17. The zero-order valence-corrected chi connectivity index (χ0v) is 12.1. The second-order valence-corrected chi connectivity index (χ2v) is 4.96. The average molecular weight is 270 g/mol. The smallest absolute Gasteiger partial charge is 0.128 e. The molecule has 106 valence electrons. The van der Waals surface area contributed by atoms with Crippen LogP contribution < -0.4 is 11.1 Å². The Balaban J connectivity index is 2.27. The van der Waals surface area contributed by atoms with Gasteiger partial charge in [0.25, 0.3) is 0 Å². The predicted molar refractivity (Wildman–Crippen MR) is 82.4 cm³/mol. The van der Waals surface area contributed by atoms with Crippen LogP contribution in [0, 0.1) is 6.92 Å². The maximum Gasteiger partial charge on any atom is 0.128 e. The molecule has 0 aliphatic carbocycles. The van der Waals surface area contributed by atoms with E-state index in [4.69, 9.17) is 5.73 Å². The van der Waals surface area contributed by atoms with Gasteiger partial charge in [0.2, 0.25) is 0 Å². The normalized spacial score (nSPS) is 12.3. The highest BCUT2D eigenvalue weighted by molar-refractivity contribution is 5.46. The monoisotopic (exact) mass is 270 g/mol. The second kappa shape index (κ2) is 7.01. The molecule has 0 amide bonds. The lowest BCUT2D eigenvalue weighted by Crippen LogP contribution is -2.26. The number of aromatic nitrogens is 2. The van der Waals surface area contributed by atoms with Gasteiger partial charge in [-0.15, -0.1) is 0 Å². The number of pyridine rings is 2. The van der Waals surface area contributed by atoms with Crippen molar-refractivity contribution in [1.82, 2.24) is 15.3 Å². The van der Waals surface area contributed by atoms with Crippen LogP contribution in [0.25, 0.3) is 0 Å². The van der Waals surface area contributed by atoms with Crippen LogP contribution in [0.15, 0.2) is 36.7 Å². The molecule has 0 aliphatic heterocycles. The summed E-state index contributed by atoms with van der Waals surface area (Å²) in [5, 5.41) is 3.56. The number of hydrogen-bond donors (Lipinski definition) is 2. The molecule has 0 bridgehead atoms. The zero-order valence-electron chi connectivity index (χ0n) is 12.1. The van der Waals surface area contributed by atoms with Crippen LogP contribution in [-0.4, -0.2) is 16.5 Å². The van der Waals surface area contributed by atoms with Gasteiger partial charge >= 0.3 is 0 Å². The van der Waals surface area contributed by atoms with Crippen LogP contribution in [0.5, 0.6) is 0 Å². The molecule has 1 atom stereocenters. The standard InChI is InChI=1S/C16H22N4/c1-3-8-19-14(11-13-6-4-5-9-18-13)15-12(2)7-10-20-16(15)17/h4-7,9-10,14,19H,3,8,11H2,1-2H3,(H2,17,20). The summed E-state index contributed by atoms with van der Waals surface area (Å²) < 4.78 is 0. The van der Waals surface area contributed by atoms with Gasteiger partial charge in [0.1, 0.15) is 5.82 Å². The molecule has 20 heavy (non-hydrogen) atoms. The van der Waals surface area contributed by atoms with E-state index in [-0.39, 0.29) is 6.04 Å². The minimum Gasteiger partial charge on any atom is -0.383 e. The molecule has 1 unspecified atom stereocenters. The Morgan fingerprint density at radius 1 is 1.20 bits per heavy atom. The molecule has 0 saturated carbocycles. The SMILES string of the molecule is CCCNC(Cc1ccccn1)c1c(C)ccnc1N. The van der Waals surface area contributed by atoms with Crippen LogP contribution in [0.1, 0.15) is 36.2 Å². The van der Waals surface area contributed by atoms with E-state index in [0.29, 0.717) is 5.82 Å². The molecule has 4 heteroatoms. The van der Waals surface area contributed by atoms with E-state index in [1.165, 1.54) is 5.56 Å². The average Bonchev–Trinajstić information content (AvgIpc) is 2.45. The van der Waals surface area contributed by atoms with Crippen LogP contribution in [0.3, 0.4) is 0 Å². The Bertz CT molecular complexity index is 519. The number of nitrogen functional groups attached to an aromatic ring is 1. The summed E-state index contributed by atoms with van der Waals surface area (Å²) >= 11 is 0. The molecular formula is C16H22N4. The van der Waals surface area contributed by atoms with Gasteiger partial charge in [-0.2, -0.15) is 0 Å². The van der Waals surface area contributed by atoms with E-state index in [0.717, 1.165) is 30.6 Å². The van der Waals surface area contributed by atoms with Crippen molar-refractivity contribution in [2.45, 2.75) is 32.7 Å². The van der Waals surface area contributed by atoms with Crippen molar-refractivity contribution in [1.29, 1.82) is 0 Å². The van der Waals surface area contributed by atoms with Gasteiger partial charge in [-0.05, 0) is 43.7 Å². The van der Waals surface area contributed by atoms with Crippen LogP contribution in [0.4, 0.5) is 5.82 Å². The van der Waals surface area contributed by atoms with Gasteiger partial charge in [0.05, 0.1) is 0 Å². The van der Waals surface area contributed by atoms with E-state index in [1.807, 2.05) is 30.5 Å². The number of hydrogen-bond acceptors (Lipinski definition) is 4. The first-order chi connectivity index (χ1) is 9.72. The quantitative estimate of drug-likeness (QED) is 0.847. The van der Waals surface area contributed by atoms with Crippen molar-refractivity contribution in [3.63, 3.8) is 0 Å². The maximum atomic E-state index is 6.08. The number of nitrogens with zero attached hydrogens (tertiary/aromatic N) is 2. The van der Waals surface area contributed by atoms with E-state index < -0.39 is 0 Å². The first kappa shape index (κ1) is 14.5. The lowest BCUT2D eigenvalue weighted by molar-refractivity contribution is 0.522. The first-order valence-electron chi connectivity index (χ1n) is 7.06. The molecular weight excluding hydrogens is 248 g/mol. The third kappa shape index (κ3) is 3.54. The van der Waals surface area contributed by atoms with Gasteiger partial charge in [-0.3, -0.25) is 4.98 Å². The van der Waals surface area contributed by atoms with Crippen LogP contribution >= 0.6 is 0 Å². The maximum absolute atomic E-state index is 6.08. The van der Waals surface area contributed by atoms with Crippen molar-refractivity contribution in [2.24, 2.45) is 0 Å². The van der Waals surface area contributed by atoms with Crippen molar-refractivity contribution in [3.8, 4) is 0 Å². The third-order valence-electron chi connectivity index (χ3n) is 3.37. The van der Waals surface area contributed by atoms with E-state index in [9.17, 15) is 0 Å². The van der Waals surface area contributed by atoms with Crippen molar-refractivity contribution < 1.29 is 0 Å². The van der Waals surface area contributed by atoms with E-state index >= 15 is 0 Å².